The third-order valence-electron chi connectivity index (χ3n) is 3.93. The molecule has 0 aliphatic carbocycles. The van der Waals surface area contributed by atoms with E-state index >= 15 is 0 Å². The van der Waals surface area contributed by atoms with E-state index in [2.05, 4.69) is 25.5 Å². The van der Waals surface area contributed by atoms with Gasteiger partial charge in [0.25, 0.3) is 11.5 Å². The first-order valence-corrected chi connectivity index (χ1v) is 7.99. The van der Waals surface area contributed by atoms with Crippen molar-refractivity contribution in [3.8, 4) is 5.82 Å². The van der Waals surface area contributed by atoms with Crippen LogP contribution in [0, 0.1) is 0 Å². The number of fused-ring (bicyclic) bond motifs is 1. The van der Waals surface area contributed by atoms with Gasteiger partial charge in [-0.2, -0.15) is 5.10 Å². The predicted molar refractivity (Wildman–Crippen MR) is 94.0 cm³/mol. The second-order valence-corrected chi connectivity index (χ2v) is 5.63. The molecule has 0 unspecified atom stereocenters. The molecule has 130 valence electrons. The number of amides is 1. The molecule has 0 fully saturated rings. The number of nitrogens with one attached hydrogen (secondary N) is 2. The molecule has 0 saturated carbocycles. The van der Waals surface area contributed by atoms with E-state index in [1.165, 1.54) is 28.1 Å². The van der Waals surface area contributed by atoms with Crippen LogP contribution >= 0.6 is 0 Å². The fourth-order valence-electron chi connectivity index (χ4n) is 2.62. The molecule has 0 aliphatic rings. The van der Waals surface area contributed by atoms with Crippen molar-refractivity contribution in [2.24, 2.45) is 0 Å². The van der Waals surface area contributed by atoms with Gasteiger partial charge in [-0.3, -0.25) is 9.59 Å². The van der Waals surface area contributed by atoms with E-state index in [1.54, 1.807) is 12.1 Å². The Morgan fingerprint density at radius 3 is 2.96 bits per heavy atom. The van der Waals surface area contributed by atoms with Crippen LogP contribution in [0.15, 0.2) is 60.0 Å². The van der Waals surface area contributed by atoms with Crippen LogP contribution in [-0.2, 0) is 6.54 Å². The van der Waals surface area contributed by atoms with Crippen molar-refractivity contribution in [2.45, 2.75) is 6.54 Å². The lowest BCUT2D eigenvalue weighted by atomic mass is 10.1. The topological polar surface area (TPSA) is 110 Å². The number of rotatable bonds is 5. The predicted octanol–water partition coefficient (Wildman–Crippen LogP) is 0.735. The van der Waals surface area contributed by atoms with Gasteiger partial charge in [0.2, 0.25) is 0 Å². The highest BCUT2D eigenvalue weighted by Crippen LogP contribution is 2.14. The van der Waals surface area contributed by atoms with Crippen LogP contribution in [0.2, 0.25) is 0 Å². The molecule has 0 bridgehead atoms. The third-order valence-corrected chi connectivity index (χ3v) is 3.93. The number of H-pyrrole nitrogens is 1. The summed E-state index contributed by atoms with van der Waals surface area (Å²) in [6.45, 7) is 0.525. The van der Waals surface area contributed by atoms with Crippen LogP contribution < -0.4 is 10.9 Å². The maximum atomic E-state index is 12.3. The molecule has 4 aromatic rings. The minimum atomic E-state index is -0.253. The zero-order chi connectivity index (χ0) is 17.9. The molecular weight excluding hydrogens is 334 g/mol. The number of aromatic nitrogens is 6. The molecule has 1 amide bonds. The molecule has 0 spiro atoms. The number of hydrogen-bond donors (Lipinski definition) is 2. The van der Waals surface area contributed by atoms with E-state index in [9.17, 15) is 9.59 Å². The third kappa shape index (κ3) is 3.09. The van der Waals surface area contributed by atoms with Crippen molar-refractivity contribution in [1.29, 1.82) is 0 Å². The first-order valence-electron chi connectivity index (χ1n) is 7.99. The number of carbonyl (C=O) groups excluding carboxylic acids is 1. The molecular formula is C17H15N7O2. The van der Waals surface area contributed by atoms with Crippen molar-refractivity contribution in [3.63, 3.8) is 0 Å². The van der Waals surface area contributed by atoms with Gasteiger partial charge < -0.3 is 10.3 Å². The monoisotopic (exact) mass is 349 g/mol. The highest BCUT2D eigenvalue weighted by Gasteiger charge is 2.08. The number of aromatic amines is 1. The molecule has 3 heterocycles. The van der Waals surface area contributed by atoms with Crippen LogP contribution in [-0.4, -0.2) is 42.0 Å². The molecule has 9 heteroatoms. The normalized spacial score (nSPS) is 10.9. The summed E-state index contributed by atoms with van der Waals surface area (Å²) >= 11 is 0. The van der Waals surface area contributed by atoms with Crippen LogP contribution in [0.25, 0.3) is 16.7 Å². The number of nitrogens with zero attached hydrogens (tertiary/aromatic N) is 5. The first-order chi connectivity index (χ1) is 12.7. The number of benzene rings is 1. The van der Waals surface area contributed by atoms with Gasteiger partial charge in [0.1, 0.15) is 12.7 Å². The van der Waals surface area contributed by atoms with Crippen molar-refractivity contribution in [3.05, 3.63) is 71.2 Å². The Labute approximate surface area is 147 Å². The largest absolute Gasteiger partial charge is 0.361 e. The zero-order valence-corrected chi connectivity index (χ0v) is 13.7. The minimum absolute atomic E-state index is 0.200. The molecule has 26 heavy (non-hydrogen) atoms. The highest BCUT2D eigenvalue weighted by atomic mass is 16.2. The lowest BCUT2D eigenvalue weighted by Gasteiger charge is -2.08. The standard InChI is InChI=1S/C17H15N7O2/c25-16-4-3-15(24-11-18-10-21-24)22-23(16)8-7-20-17(26)13-1-2-14-12(9-13)5-6-19-14/h1-6,9-11,19H,7-8H2,(H,20,26). The van der Waals surface area contributed by atoms with Crippen molar-refractivity contribution in [1.82, 2.24) is 34.8 Å². The van der Waals surface area contributed by atoms with Gasteiger partial charge in [0, 0.05) is 35.3 Å². The molecule has 4 rings (SSSR count). The Morgan fingerprint density at radius 1 is 1.19 bits per heavy atom. The van der Waals surface area contributed by atoms with Crippen LogP contribution in [0.4, 0.5) is 0 Å². The van der Waals surface area contributed by atoms with Gasteiger partial charge in [0.15, 0.2) is 5.82 Å². The molecule has 1 aromatic carbocycles. The van der Waals surface area contributed by atoms with Gasteiger partial charge in [-0.15, -0.1) is 5.10 Å². The molecule has 0 radical (unpaired) electrons. The van der Waals surface area contributed by atoms with E-state index in [0.29, 0.717) is 11.4 Å². The Bertz CT molecular complexity index is 1110. The van der Waals surface area contributed by atoms with Gasteiger partial charge in [-0.25, -0.2) is 14.3 Å². The van der Waals surface area contributed by atoms with E-state index in [1.807, 2.05) is 24.4 Å². The summed E-state index contributed by atoms with van der Waals surface area (Å²) in [6, 6.07) is 10.3. The average Bonchev–Trinajstić information content (AvgIpc) is 3.34. The minimum Gasteiger partial charge on any atom is -0.361 e. The van der Waals surface area contributed by atoms with Crippen LogP contribution in [0.5, 0.6) is 0 Å². The van der Waals surface area contributed by atoms with Crippen molar-refractivity contribution < 1.29 is 4.79 Å². The van der Waals surface area contributed by atoms with Crippen molar-refractivity contribution in [2.75, 3.05) is 6.54 Å². The summed E-state index contributed by atoms with van der Waals surface area (Å²) < 4.78 is 2.74. The van der Waals surface area contributed by atoms with E-state index in [4.69, 9.17) is 0 Å². The molecule has 0 atom stereocenters. The van der Waals surface area contributed by atoms with Gasteiger partial charge in [-0.1, -0.05) is 0 Å². The van der Waals surface area contributed by atoms with E-state index in [0.717, 1.165) is 10.9 Å². The average molecular weight is 349 g/mol. The maximum Gasteiger partial charge on any atom is 0.266 e. The SMILES string of the molecule is O=C(NCCn1nc(-n2cncn2)ccc1=O)c1ccc2[nH]ccc2c1. The lowest BCUT2D eigenvalue weighted by Crippen LogP contribution is -2.32. The Balaban J connectivity index is 1.43. The molecule has 0 saturated heterocycles. The molecule has 3 aromatic heterocycles. The second-order valence-electron chi connectivity index (χ2n) is 5.63. The summed E-state index contributed by atoms with van der Waals surface area (Å²) in [5.74, 6) is 0.278. The highest BCUT2D eigenvalue weighted by molar-refractivity contribution is 5.98. The Kier molecular flexibility index (Phi) is 4.02. The maximum absolute atomic E-state index is 12.3. The molecule has 0 aliphatic heterocycles. The van der Waals surface area contributed by atoms with Crippen molar-refractivity contribution >= 4 is 16.8 Å². The molecule has 2 N–H and O–H groups in total. The Hall–Kier alpha value is -3.75. The second kappa shape index (κ2) is 6.63. The lowest BCUT2D eigenvalue weighted by molar-refractivity contribution is 0.0952. The van der Waals surface area contributed by atoms with Crippen LogP contribution in [0.1, 0.15) is 10.4 Å². The summed E-state index contributed by atoms with van der Waals surface area (Å²) in [4.78, 5) is 31.2. The fourth-order valence-corrected chi connectivity index (χ4v) is 2.62. The fraction of sp³-hybridized carbons (Fsp3) is 0.118. The zero-order valence-electron chi connectivity index (χ0n) is 13.7. The van der Waals surface area contributed by atoms with Gasteiger partial charge in [-0.05, 0) is 30.3 Å². The molecule has 9 nitrogen and oxygen atoms in total. The van der Waals surface area contributed by atoms with Gasteiger partial charge in [0.05, 0.1) is 6.54 Å². The quantitative estimate of drug-likeness (QED) is 0.552. The van der Waals surface area contributed by atoms with E-state index < -0.39 is 0 Å². The summed E-state index contributed by atoms with van der Waals surface area (Å²) in [5, 5.41) is 12.0. The number of hydrogen-bond acceptors (Lipinski definition) is 5. The summed E-state index contributed by atoms with van der Waals surface area (Å²) in [5.41, 5.74) is 1.29. The Morgan fingerprint density at radius 2 is 2.12 bits per heavy atom. The smallest absolute Gasteiger partial charge is 0.266 e. The summed E-state index contributed by atoms with van der Waals surface area (Å²) in [7, 11) is 0. The van der Waals surface area contributed by atoms with Gasteiger partial charge >= 0.3 is 0 Å². The van der Waals surface area contributed by atoms with Crippen LogP contribution in [0.3, 0.4) is 0 Å². The first kappa shape index (κ1) is 15.8. The number of carbonyl (C=O) groups is 1. The summed E-state index contributed by atoms with van der Waals surface area (Å²) in [6.07, 6.45) is 4.71. The van der Waals surface area contributed by atoms with E-state index in [-0.39, 0.29) is 24.6 Å².